The summed E-state index contributed by atoms with van der Waals surface area (Å²) in [6, 6.07) is 21.0. The molecular weight excluding hydrogens is 384 g/mol. The molecule has 0 aliphatic carbocycles. The minimum Gasteiger partial charge on any atom is -0.310 e. The van der Waals surface area contributed by atoms with Crippen molar-refractivity contribution in [2.45, 2.75) is 13.3 Å². The van der Waals surface area contributed by atoms with Crippen LogP contribution in [0.25, 0.3) is 16.9 Å². The van der Waals surface area contributed by atoms with Crippen molar-refractivity contribution in [3.05, 3.63) is 95.3 Å². The second-order valence-corrected chi connectivity index (χ2v) is 7.12. The second kappa shape index (κ2) is 8.29. The second-order valence-electron chi connectivity index (χ2n) is 6.68. The molecule has 0 aliphatic heterocycles. The highest BCUT2D eigenvalue weighted by Gasteiger charge is 2.16. The molecule has 0 unspecified atom stereocenters. The normalized spacial score (nSPS) is 10.7. The van der Waals surface area contributed by atoms with Crippen LogP contribution in [-0.4, -0.2) is 20.7 Å². The molecule has 0 spiro atoms. The number of benzene rings is 2. The van der Waals surface area contributed by atoms with E-state index in [1.165, 1.54) is 0 Å². The number of hydrogen-bond acceptors (Lipinski definition) is 3. The Morgan fingerprint density at radius 2 is 1.79 bits per heavy atom. The van der Waals surface area contributed by atoms with Crippen molar-refractivity contribution in [1.29, 1.82) is 0 Å². The number of amides is 1. The van der Waals surface area contributed by atoms with E-state index in [0.29, 0.717) is 10.8 Å². The van der Waals surface area contributed by atoms with Gasteiger partial charge in [0.1, 0.15) is 5.82 Å². The summed E-state index contributed by atoms with van der Waals surface area (Å²) in [5.41, 5.74) is 4.32. The Hall–Kier alpha value is -3.44. The number of nitrogens with one attached hydrogen (secondary N) is 1. The number of pyridine rings is 1. The summed E-state index contributed by atoms with van der Waals surface area (Å²) in [5.74, 6) is 0.426. The maximum Gasteiger partial charge on any atom is 0.230 e. The Kier molecular flexibility index (Phi) is 5.40. The predicted octanol–water partition coefficient (Wildman–Crippen LogP) is 5.08. The predicted molar refractivity (Wildman–Crippen MR) is 115 cm³/mol. The van der Waals surface area contributed by atoms with E-state index in [0.717, 1.165) is 28.1 Å². The van der Waals surface area contributed by atoms with Crippen molar-refractivity contribution in [1.82, 2.24) is 14.8 Å². The van der Waals surface area contributed by atoms with Crippen molar-refractivity contribution in [2.24, 2.45) is 0 Å². The summed E-state index contributed by atoms with van der Waals surface area (Å²) in [6.45, 7) is 1.91. The molecule has 4 rings (SSSR count). The van der Waals surface area contributed by atoms with E-state index in [2.05, 4.69) is 10.3 Å². The molecule has 144 valence electrons. The molecule has 1 amide bonds. The number of aromatic nitrogens is 3. The first-order valence-electron chi connectivity index (χ1n) is 9.21. The number of halogens is 1. The molecule has 1 N–H and O–H groups in total. The van der Waals surface area contributed by atoms with Crippen LogP contribution in [-0.2, 0) is 11.2 Å². The third-order valence-corrected chi connectivity index (χ3v) is 4.80. The highest BCUT2D eigenvalue weighted by Crippen LogP contribution is 2.26. The minimum atomic E-state index is -0.144. The van der Waals surface area contributed by atoms with E-state index in [9.17, 15) is 4.79 Å². The van der Waals surface area contributed by atoms with Crippen molar-refractivity contribution in [2.75, 3.05) is 5.32 Å². The van der Waals surface area contributed by atoms with Gasteiger partial charge in [-0.25, -0.2) is 9.67 Å². The van der Waals surface area contributed by atoms with Crippen LogP contribution in [0.3, 0.4) is 0 Å². The fourth-order valence-electron chi connectivity index (χ4n) is 3.07. The van der Waals surface area contributed by atoms with Gasteiger partial charge in [0.05, 0.1) is 17.8 Å². The molecule has 0 radical (unpaired) electrons. The number of anilines is 1. The SMILES string of the molecule is Cc1cccnc1NC(=O)Cc1cn(-c2ccccc2)nc1-c1ccc(Cl)cc1. The highest BCUT2D eigenvalue weighted by molar-refractivity contribution is 6.30. The van der Waals surface area contributed by atoms with Gasteiger partial charge in [-0.15, -0.1) is 0 Å². The lowest BCUT2D eigenvalue weighted by Crippen LogP contribution is -2.16. The van der Waals surface area contributed by atoms with Gasteiger partial charge in [-0.05, 0) is 42.8 Å². The van der Waals surface area contributed by atoms with Gasteiger partial charge in [-0.1, -0.05) is 48.0 Å². The summed E-state index contributed by atoms with van der Waals surface area (Å²) in [4.78, 5) is 16.9. The molecule has 5 nitrogen and oxygen atoms in total. The number of aryl methyl sites for hydroxylation is 1. The van der Waals surface area contributed by atoms with Crippen LogP contribution in [0, 0.1) is 6.92 Å². The molecule has 0 saturated heterocycles. The maximum atomic E-state index is 12.7. The average Bonchev–Trinajstić information content (AvgIpc) is 3.14. The molecule has 29 heavy (non-hydrogen) atoms. The van der Waals surface area contributed by atoms with Crippen molar-refractivity contribution < 1.29 is 4.79 Å². The molecule has 2 aromatic heterocycles. The van der Waals surface area contributed by atoms with Gasteiger partial charge in [0.2, 0.25) is 5.91 Å². The average molecular weight is 403 g/mol. The van der Waals surface area contributed by atoms with Gasteiger partial charge in [0, 0.05) is 28.5 Å². The van der Waals surface area contributed by atoms with Crippen molar-refractivity contribution in [3.8, 4) is 16.9 Å². The summed E-state index contributed by atoms with van der Waals surface area (Å²) in [6.07, 6.45) is 3.74. The lowest BCUT2D eigenvalue weighted by atomic mass is 10.1. The Morgan fingerprint density at radius 3 is 2.52 bits per heavy atom. The van der Waals surface area contributed by atoms with Crippen LogP contribution < -0.4 is 5.32 Å². The molecule has 0 fully saturated rings. The number of nitrogens with zero attached hydrogens (tertiary/aromatic N) is 3. The van der Waals surface area contributed by atoms with Crippen molar-refractivity contribution in [3.63, 3.8) is 0 Å². The Morgan fingerprint density at radius 1 is 1.03 bits per heavy atom. The molecule has 0 atom stereocenters. The zero-order chi connectivity index (χ0) is 20.2. The van der Waals surface area contributed by atoms with Gasteiger partial charge >= 0.3 is 0 Å². The zero-order valence-corrected chi connectivity index (χ0v) is 16.6. The summed E-state index contributed by atoms with van der Waals surface area (Å²) < 4.78 is 1.79. The van der Waals surface area contributed by atoms with Gasteiger partial charge in [-0.3, -0.25) is 4.79 Å². The number of carbonyl (C=O) groups excluding carboxylic acids is 1. The summed E-state index contributed by atoms with van der Waals surface area (Å²) in [5, 5.41) is 8.28. The van der Waals surface area contributed by atoms with Gasteiger partial charge in [0.15, 0.2) is 0 Å². The third kappa shape index (κ3) is 4.36. The molecular formula is C23H19ClN4O. The van der Waals surface area contributed by atoms with E-state index in [-0.39, 0.29) is 12.3 Å². The van der Waals surface area contributed by atoms with E-state index in [4.69, 9.17) is 16.7 Å². The smallest absolute Gasteiger partial charge is 0.230 e. The van der Waals surface area contributed by atoms with Crippen LogP contribution in [0.15, 0.2) is 79.1 Å². The maximum absolute atomic E-state index is 12.7. The van der Waals surface area contributed by atoms with Crippen molar-refractivity contribution >= 4 is 23.3 Å². The molecule has 6 heteroatoms. The van der Waals surface area contributed by atoms with E-state index in [1.807, 2.05) is 79.9 Å². The molecule has 2 aromatic carbocycles. The van der Waals surface area contributed by atoms with E-state index >= 15 is 0 Å². The van der Waals surface area contributed by atoms with E-state index < -0.39 is 0 Å². The lowest BCUT2D eigenvalue weighted by Gasteiger charge is -2.07. The Balaban J connectivity index is 1.67. The number of para-hydroxylation sites is 1. The first-order valence-corrected chi connectivity index (χ1v) is 9.59. The Bertz CT molecular complexity index is 1140. The summed E-state index contributed by atoms with van der Waals surface area (Å²) >= 11 is 6.03. The fourth-order valence-corrected chi connectivity index (χ4v) is 3.19. The minimum absolute atomic E-state index is 0.144. The fraction of sp³-hybridized carbons (Fsp3) is 0.0870. The van der Waals surface area contributed by atoms with Gasteiger partial charge in [0.25, 0.3) is 0 Å². The van der Waals surface area contributed by atoms with Crippen LogP contribution in [0.4, 0.5) is 5.82 Å². The molecule has 0 bridgehead atoms. The van der Waals surface area contributed by atoms with Crippen LogP contribution in [0.1, 0.15) is 11.1 Å². The van der Waals surface area contributed by atoms with Gasteiger partial charge in [-0.2, -0.15) is 5.10 Å². The zero-order valence-electron chi connectivity index (χ0n) is 15.8. The van der Waals surface area contributed by atoms with Crippen LogP contribution in [0.2, 0.25) is 5.02 Å². The standard InChI is InChI=1S/C23H19ClN4O/c1-16-6-5-13-25-23(16)26-21(29)14-18-15-28(20-7-3-2-4-8-20)27-22(18)17-9-11-19(24)12-10-17/h2-13,15H,14H2,1H3,(H,25,26,29). The first kappa shape index (κ1) is 18.9. The molecule has 4 aromatic rings. The number of rotatable bonds is 5. The number of hydrogen-bond donors (Lipinski definition) is 1. The largest absolute Gasteiger partial charge is 0.310 e. The molecule has 2 heterocycles. The van der Waals surface area contributed by atoms with E-state index in [1.54, 1.807) is 10.9 Å². The quantitative estimate of drug-likeness (QED) is 0.506. The van der Waals surface area contributed by atoms with Crippen LogP contribution in [0.5, 0.6) is 0 Å². The molecule has 0 saturated carbocycles. The highest BCUT2D eigenvalue weighted by atomic mass is 35.5. The Labute approximate surface area is 174 Å². The monoisotopic (exact) mass is 402 g/mol. The molecule has 0 aliphatic rings. The lowest BCUT2D eigenvalue weighted by molar-refractivity contribution is -0.115. The third-order valence-electron chi connectivity index (χ3n) is 4.55. The summed E-state index contributed by atoms with van der Waals surface area (Å²) in [7, 11) is 0. The van der Waals surface area contributed by atoms with Gasteiger partial charge < -0.3 is 5.32 Å². The van der Waals surface area contributed by atoms with Crippen LogP contribution >= 0.6 is 11.6 Å². The topological polar surface area (TPSA) is 59.8 Å². The number of carbonyl (C=O) groups is 1. The first-order chi connectivity index (χ1) is 14.1.